The highest BCUT2D eigenvalue weighted by atomic mass is 35.5. The molecule has 6 heteroatoms. The van der Waals surface area contributed by atoms with Gasteiger partial charge in [0.05, 0.1) is 18.9 Å². The van der Waals surface area contributed by atoms with Crippen LogP contribution in [0.2, 0.25) is 0 Å². The number of rotatable bonds is 2. The molecule has 0 radical (unpaired) electrons. The van der Waals surface area contributed by atoms with Crippen molar-refractivity contribution >= 4 is 28.0 Å². The molecule has 0 atom stereocenters. The van der Waals surface area contributed by atoms with E-state index in [9.17, 15) is 4.79 Å². The zero-order valence-corrected chi connectivity index (χ0v) is 7.25. The van der Waals surface area contributed by atoms with Crippen molar-refractivity contribution in [2.75, 3.05) is 0 Å². The van der Waals surface area contributed by atoms with Crippen LogP contribution in [0.25, 0.3) is 11.2 Å². The molecule has 0 aliphatic heterocycles. The molecule has 0 fully saturated rings. The summed E-state index contributed by atoms with van der Waals surface area (Å²) in [7, 11) is 0. The standard InChI is InChI=1S/C7H5ClN4O/c8-5(13)1-6-9-2-4-7(12-6)11-3-10-4/h2-3H,1H2,(H,9,10,11,12). The Morgan fingerprint density at radius 3 is 3.15 bits per heavy atom. The molecule has 2 rings (SSSR count). The first kappa shape index (κ1) is 8.12. The Balaban J connectivity index is 2.42. The molecule has 0 amide bonds. The largest absolute Gasteiger partial charge is 0.342 e. The van der Waals surface area contributed by atoms with Gasteiger partial charge in [-0.15, -0.1) is 0 Å². The van der Waals surface area contributed by atoms with E-state index in [2.05, 4.69) is 19.9 Å². The molecule has 0 aliphatic carbocycles. The molecule has 0 aromatic carbocycles. The van der Waals surface area contributed by atoms with E-state index in [1.807, 2.05) is 0 Å². The van der Waals surface area contributed by atoms with Crippen molar-refractivity contribution in [2.24, 2.45) is 0 Å². The third-order valence-electron chi connectivity index (χ3n) is 1.52. The molecule has 0 aliphatic rings. The Morgan fingerprint density at radius 2 is 2.38 bits per heavy atom. The van der Waals surface area contributed by atoms with Crippen LogP contribution in [0.3, 0.4) is 0 Å². The Hall–Kier alpha value is -1.49. The van der Waals surface area contributed by atoms with Gasteiger partial charge in [0.1, 0.15) is 11.3 Å². The molecule has 2 heterocycles. The van der Waals surface area contributed by atoms with E-state index < -0.39 is 5.24 Å². The van der Waals surface area contributed by atoms with Gasteiger partial charge in [0.25, 0.3) is 0 Å². The van der Waals surface area contributed by atoms with Crippen molar-refractivity contribution in [1.29, 1.82) is 0 Å². The quantitative estimate of drug-likeness (QED) is 0.717. The number of nitrogens with one attached hydrogen (secondary N) is 1. The summed E-state index contributed by atoms with van der Waals surface area (Å²) < 4.78 is 0. The number of aromatic nitrogens is 4. The zero-order valence-electron chi connectivity index (χ0n) is 6.49. The molecule has 0 saturated carbocycles. The monoisotopic (exact) mass is 196 g/mol. The summed E-state index contributed by atoms with van der Waals surface area (Å²) >= 11 is 5.19. The van der Waals surface area contributed by atoms with Crippen LogP contribution >= 0.6 is 11.6 Å². The number of fused-ring (bicyclic) bond motifs is 1. The Morgan fingerprint density at radius 1 is 1.54 bits per heavy atom. The Labute approximate surface area is 78.2 Å². The summed E-state index contributed by atoms with van der Waals surface area (Å²) in [4.78, 5) is 25.3. The second kappa shape index (κ2) is 3.10. The van der Waals surface area contributed by atoms with Crippen LogP contribution in [0.15, 0.2) is 12.5 Å². The Kier molecular flexibility index (Phi) is 1.94. The van der Waals surface area contributed by atoms with Crippen molar-refractivity contribution in [1.82, 2.24) is 19.9 Å². The summed E-state index contributed by atoms with van der Waals surface area (Å²) in [5.41, 5.74) is 1.29. The summed E-state index contributed by atoms with van der Waals surface area (Å²) in [6.45, 7) is 0. The van der Waals surface area contributed by atoms with Crippen LogP contribution in [0.4, 0.5) is 0 Å². The van der Waals surface area contributed by atoms with Crippen LogP contribution in [-0.4, -0.2) is 25.2 Å². The molecule has 0 saturated heterocycles. The first-order valence-electron chi connectivity index (χ1n) is 3.59. The first-order valence-corrected chi connectivity index (χ1v) is 3.97. The third-order valence-corrected chi connectivity index (χ3v) is 1.66. The number of H-pyrrole nitrogens is 1. The van der Waals surface area contributed by atoms with Gasteiger partial charge in [-0.25, -0.2) is 15.0 Å². The minimum absolute atomic E-state index is 0.0321. The molecule has 0 bridgehead atoms. The number of halogens is 1. The second-order valence-electron chi connectivity index (χ2n) is 2.46. The van der Waals surface area contributed by atoms with Crippen LogP contribution < -0.4 is 0 Å². The molecule has 13 heavy (non-hydrogen) atoms. The Bertz CT molecular complexity index is 452. The minimum atomic E-state index is -0.477. The van der Waals surface area contributed by atoms with E-state index in [0.717, 1.165) is 5.52 Å². The van der Waals surface area contributed by atoms with Crippen LogP contribution in [0.5, 0.6) is 0 Å². The highest BCUT2D eigenvalue weighted by molar-refractivity contribution is 6.63. The highest BCUT2D eigenvalue weighted by Crippen LogP contribution is 2.04. The number of aromatic amines is 1. The van der Waals surface area contributed by atoms with Crippen LogP contribution in [0.1, 0.15) is 5.82 Å². The minimum Gasteiger partial charge on any atom is -0.342 e. The maximum Gasteiger partial charge on any atom is 0.229 e. The fourth-order valence-electron chi connectivity index (χ4n) is 0.981. The summed E-state index contributed by atoms with van der Waals surface area (Å²) in [6.07, 6.45) is 3.13. The summed E-state index contributed by atoms with van der Waals surface area (Å²) in [5, 5.41) is -0.477. The molecular weight excluding hydrogens is 192 g/mol. The summed E-state index contributed by atoms with van der Waals surface area (Å²) in [6, 6.07) is 0. The van der Waals surface area contributed by atoms with E-state index in [4.69, 9.17) is 11.6 Å². The molecule has 2 aromatic rings. The normalized spacial score (nSPS) is 10.5. The van der Waals surface area contributed by atoms with E-state index in [-0.39, 0.29) is 6.42 Å². The number of hydrogen-bond acceptors (Lipinski definition) is 4. The third kappa shape index (κ3) is 1.65. The van der Waals surface area contributed by atoms with Crippen molar-refractivity contribution in [3.8, 4) is 0 Å². The van der Waals surface area contributed by atoms with Crippen LogP contribution in [0, 0.1) is 0 Å². The molecule has 0 spiro atoms. The van der Waals surface area contributed by atoms with Crippen molar-refractivity contribution in [3.63, 3.8) is 0 Å². The van der Waals surface area contributed by atoms with Gasteiger partial charge in [0.15, 0.2) is 5.65 Å². The van der Waals surface area contributed by atoms with E-state index in [1.54, 1.807) is 6.20 Å². The molecular formula is C7H5ClN4O. The summed E-state index contributed by atoms with van der Waals surface area (Å²) in [5.74, 6) is 0.389. The fourth-order valence-corrected chi connectivity index (χ4v) is 1.10. The first-order chi connectivity index (χ1) is 6.25. The van der Waals surface area contributed by atoms with Gasteiger partial charge in [-0.3, -0.25) is 4.79 Å². The average molecular weight is 197 g/mol. The second-order valence-corrected chi connectivity index (χ2v) is 2.88. The lowest BCUT2D eigenvalue weighted by molar-refractivity contribution is -0.111. The van der Waals surface area contributed by atoms with Gasteiger partial charge in [0, 0.05) is 0 Å². The van der Waals surface area contributed by atoms with Crippen molar-refractivity contribution in [2.45, 2.75) is 6.42 Å². The lowest BCUT2D eigenvalue weighted by Gasteiger charge is -1.93. The van der Waals surface area contributed by atoms with E-state index >= 15 is 0 Å². The smallest absolute Gasteiger partial charge is 0.229 e. The van der Waals surface area contributed by atoms with E-state index in [0.29, 0.717) is 11.5 Å². The van der Waals surface area contributed by atoms with Crippen molar-refractivity contribution in [3.05, 3.63) is 18.3 Å². The number of carbonyl (C=O) groups is 1. The predicted molar refractivity (Wildman–Crippen MR) is 46.2 cm³/mol. The topological polar surface area (TPSA) is 71.5 Å². The molecule has 0 unspecified atom stereocenters. The maximum atomic E-state index is 10.5. The lowest BCUT2D eigenvalue weighted by atomic mass is 10.4. The van der Waals surface area contributed by atoms with Gasteiger partial charge >= 0.3 is 0 Å². The van der Waals surface area contributed by atoms with Gasteiger partial charge in [-0.05, 0) is 11.6 Å². The SMILES string of the molecule is O=C(Cl)Cc1ncc2[nH]cnc2n1. The zero-order chi connectivity index (χ0) is 9.26. The average Bonchev–Trinajstić information content (AvgIpc) is 2.49. The maximum absolute atomic E-state index is 10.5. The highest BCUT2D eigenvalue weighted by Gasteiger charge is 2.04. The van der Waals surface area contributed by atoms with Crippen LogP contribution in [-0.2, 0) is 11.2 Å². The number of imidazole rings is 1. The van der Waals surface area contributed by atoms with Crippen molar-refractivity contribution < 1.29 is 4.79 Å². The predicted octanol–water partition coefficient (Wildman–Crippen LogP) is 0.661. The number of carbonyl (C=O) groups excluding carboxylic acids is 1. The van der Waals surface area contributed by atoms with Gasteiger partial charge < -0.3 is 4.98 Å². The molecule has 66 valence electrons. The number of hydrogen-bond donors (Lipinski definition) is 1. The number of nitrogens with zero attached hydrogens (tertiary/aromatic N) is 3. The van der Waals surface area contributed by atoms with Gasteiger partial charge in [-0.1, -0.05) is 0 Å². The fraction of sp³-hybridized carbons (Fsp3) is 0.143. The van der Waals surface area contributed by atoms with E-state index in [1.165, 1.54) is 6.33 Å². The lowest BCUT2D eigenvalue weighted by Crippen LogP contribution is -2.00. The molecule has 1 N–H and O–H groups in total. The molecule has 2 aromatic heterocycles. The van der Waals surface area contributed by atoms with Gasteiger partial charge in [0.2, 0.25) is 5.24 Å². The van der Waals surface area contributed by atoms with Gasteiger partial charge in [-0.2, -0.15) is 0 Å². The molecule has 5 nitrogen and oxygen atoms in total.